The third kappa shape index (κ3) is 12.6. The van der Waals surface area contributed by atoms with Gasteiger partial charge in [-0.15, -0.1) is 0 Å². The fraction of sp³-hybridized carbons (Fsp3) is 0.475. The minimum Gasteiger partial charge on any atom is -0.439 e. The molecule has 1 aromatic carbocycles. The van der Waals surface area contributed by atoms with Crippen LogP contribution in [-0.4, -0.2) is 86.3 Å². The fourth-order valence-corrected chi connectivity index (χ4v) is 6.32. The van der Waals surface area contributed by atoms with Gasteiger partial charge in [-0.3, -0.25) is 19.2 Å². The van der Waals surface area contributed by atoms with Gasteiger partial charge in [0.05, 0.1) is 23.6 Å². The summed E-state index contributed by atoms with van der Waals surface area (Å²) in [6, 6.07) is 5.28. The summed E-state index contributed by atoms with van der Waals surface area (Å²) in [5.74, 6) is -3.04. The Labute approximate surface area is 315 Å². The highest BCUT2D eigenvalue weighted by molar-refractivity contribution is 6.23. The molecule has 0 saturated heterocycles. The number of carbonyl (C=O) groups excluding carboxylic acids is 5. The summed E-state index contributed by atoms with van der Waals surface area (Å²) in [6.07, 6.45) is 5.47. The fourth-order valence-electron chi connectivity index (χ4n) is 6.32. The molecule has 13 nitrogen and oxygen atoms in total. The number of nitrogens with one attached hydrogen (secondary N) is 3. The number of carbonyl (C=O) groups is 5. The third-order valence-electron chi connectivity index (χ3n) is 9.34. The van der Waals surface area contributed by atoms with E-state index in [1.807, 2.05) is 6.92 Å². The van der Waals surface area contributed by atoms with Crippen LogP contribution in [-0.2, 0) is 28.6 Å². The minimum atomic E-state index is -1.02. The van der Waals surface area contributed by atoms with Crippen LogP contribution < -0.4 is 21.7 Å². The molecule has 1 unspecified atom stereocenters. The van der Waals surface area contributed by atoms with E-state index >= 15 is 0 Å². The second kappa shape index (κ2) is 21.1. The van der Waals surface area contributed by atoms with Crippen LogP contribution in [0.5, 0.6) is 0 Å². The van der Waals surface area contributed by atoms with Crippen molar-refractivity contribution < 1.29 is 47.7 Å². The quantitative estimate of drug-likeness (QED) is 0.125. The number of amides is 3. The summed E-state index contributed by atoms with van der Waals surface area (Å²) < 4.78 is 29.8. The molecule has 2 bridgehead atoms. The highest BCUT2D eigenvalue weighted by Gasteiger charge is 2.33. The molecule has 1 aliphatic heterocycles. The van der Waals surface area contributed by atoms with Gasteiger partial charge in [-0.05, 0) is 81.7 Å². The molecule has 0 fully saturated rings. The number of unbranched alkanes of at least 4 members (excludes halogenated alkanes) is 2. The Morgan fingerprint density at radius 1 is 1.02 bits per heavy atom. The highest BCUT2D eigenvalue weighted by Crippen LogP contribution is 2.29. The van der Waals surface area contributed by atoms with Crippen LogP contribution in [0.25, 0.3) is 0 Å². The van der Waals surface area contributed by atoms with Gasteiger partial charge in [0.15, 0.2) is 6.10 Å². The monoisotopic (exact) mass is 752 g/mol. The van der Waals surface area contributed by atoms with Crippen LogP contribution in [0.4, 0.5) is 9.18 Å². The first-order valence-electron chi connectivity index (χ1n) is 18.0. The number of benzene rings is 1. The van der Waals surface area contributed by atoms with E-state index in [0.717, 1.165) is 6.08 Å². The molecule has 3 amide bonds. The number of aliphatic hydroxyl groups is 1. The predicted octanol–water partition coefficient (Wildman–Crippen LogP) is 4.09. The second-order valence-electron chi connectivity index (χ2n) is 13.7. The van der Waals surface area contributed by atoms with Gasteiger partial charge in [-0.2, -0.15) is 0 Å². The molecule has 6 N–H and O–H groups in total. The summed E-state index contributed by atoms with van der Waals surface area (Å²) in [5, 5.41) is 19.9. The van der Waals surface area contributed by atoms with Gasteiger partial charge in [0.1, 0.15) is 11.9 Å². The molecule has 6 atom stereocenters. The van der Waals surface area contributed by atoms with Gasteiger partial charge >= 0.3 is 6.09 Å². The van der Waals surface area contributed by atoms with Crippen LogP contribution in [0, 0.1) is 17.7 Å². The smallest absolute Gasteiger partial charge is 0.405 e. The van der Waals surface area contributed by atoms with E-state index < -0.39 is 59.7 Å². The summed E-state index contributed by atoms with van der Waals surface area (Å²) in [7, 11) is 2.90. The largest absolute Gasteiger partial charge is 0.439 e. The number of primary amides is 1. The van der Waals surface area contributed by atoms with Crippen molar-refractivity contribution in [3.8, 4) is 0 Å². The average Bonchev–Trinajstić information content (AvgIpc) is 3.13. The summed E-state index contributed by atoms with van der Waals surface area (Å²) in [6.45, 7) is 7.71. The molecule has 0 saturated carbocycles. The van der Waals surface area contributed by atoms with E-state index in [9.17, 15) is 33.5 Å². The number of ketones is 2. The van der Waals surface area contributed by atoms with Crippen molar-refractivity contribution in [1.29, 1.82) is 0 Å². The molecule has 3 rings (SSSR count). The molecule has 0 radical (unpaired) electrons. The van der Waals surface area contributed by atoms with Gasteiger partial charge in [0, 0.05) is 56.0 Å². The number of hydrogen-bond acceptors (Lipinski definition) is 10. The Morgan fingerprint density at radius 2 is 1.70 bits per heavy atom. The van der Waals surface area contributed by atoms with Crippen LogP contribution in [0.1, 0.15) is 70.2 Å². The number of rotatable bonds is 11. The maximum atomic E-state index is 13.9. The Bertz CT molecular complexity index is 1680. The Kier molecular flexibility index (Phi) is 17.0. The molecule has 294 valence electrons. The molecule has 2 aliphatic rings. The van der Waals surface area contributed by atoms with E-state index in [2.05, 4.69) is 16.0 Å². The van der Waals surface area contributed by atoms with Gasteiger partial charge in [0.25, 0.3) is 11.8 Å². The van der Waals surface area contributed by atoms with Crippen molar-refractivity contribution >= 4 is 29.5 Å². The van der Waals surface area contributed by atoms with Crippen molar-refractivity contribution in [2.24, 2.45) is 17.6 Å². The van der Waals surface area contributed by atoms with E-state index in [1.54, 1.807) is 26.0 Å². The first kappa shape index (κ1) is 43.5. The van der Waals surface area contributed by atoms with Gasteiger partial charge < -0.3 is 41.0 Å². The lowest BCUT2D eigenvalue weighted by atomic mass is 9.85. The van der Waals surface area contributed by atoms with Crippen LogP contribution >= 0.6 is 0 Å². The number of halogens is 1. The zero-order valence-electron chi connectivity index (χ0n) is 31.8. The highest BCUT2D eigenvalue weighted by atomic mass is 19.1. The molecule has 1 aromatic rings. The first-order valence-corrected chi connectivity index (χ1v) is 18.0. The molecular formula is C40H53FN4O9. The van der Waals surface area contributed by atoms with Gasteiger partial charge in [-0.25, -0.2) is 9.18 Å². The number of methoxy groups -OCH3 is 2. The van der Waals surface area contributed by atoms with E-state index in [1.165, 1.54) is 57.6 Å². The molecule has 54 heavy (non-hydrogen) atoms. The van der Waals surface area contributed by atoms with Crippen molar-refractivity contribution in [3.63, 3.8) is 0 Å². The molecular weight excluding hydrogens is 699 g/mol. The van der Waals surface area contributed by atoms with Crippen LogP contribution in [0.3, 0.4) is 0 Å². The number of fused-ring (bicyclic) bond motifs is 2. The molecule has 1 aliphatic carbocycles. The standard InChI is InChI=1S/C40H53FN4O9/c1-23-19-29-34(43-17-8-7-9-18-44-39(50)27-13-15-28(41)16-14-27)31(46)22-30(36(29)48)45-38(49)24(2)11-10-12-32(52-5)37(54-40(42)51)26(4)21-25(3)35(47)33(20-23)53-6/h10-16,21-23,25,32-33,35,37,43,47H,7-9,17-20H2,1-6H3,(H2,42,51)(H,44,50)(H,45,49)/b12-10-,24-11+,26-21+/t23-,25+,32?,33+,35-,37+/m1/s1. The zero-order valence-corrected chi connectivity index (χ0v) is 31.8. The molecule has 0 aromatic heterocycles. The topological polar surface area (TPSA) is 195 Å². The maximum Gasteiger partial charge on any atom is 0.405 e. The zero-order chi connectivity index (χ0) is 39.9. The van der Waals surface area contributed by atoms with Crippen molar-refractivity contribution in [2.45, 2.75) is 84.2 Å². The normalized spacial score (nSPS) is 27.1. The van der Waals surface area contributed by atoms with E-state index in [4.69, 9.17) is 19.9 Å². The Hall–Kier alpha value is -4.92. The lowest BCUT2D eigenvalue weighted by Crippen LogP contribution is -2.38. The number of nitrogens with two attached hydrogens (primary N) is 1. The van der Waals surface area contributed by atoms with Crippen LogP contribution in [0.15, 0.2) is 82.8 Å². The lowest BCUT2D eigenvalue weighted by molar-refractivity contribution is -0.120. The number of hydrogen-bond donors (Lipinski definition) is 5. The maximum absolute atomic E-state index is 13.9. The number of aliphatic hydroxyl groups excluding tert-OH is 1. The summed E-state index contributed by atoms with van der Waals surface area (Å²) in [4.78, 5) is 64.7. The summed E-state index contributed by atoms with van der Waals surface area (Å²) in [5.41, 5.74) is 6.71. The van der Waals surface area contributed by atoms with Gasteiger partial charge in [0.2, 0.25) is 11.6 Å². The van der Waals surface area contributed by atoms with Crippen molar-refractivity contribution in [2.75, 3.05) is 27.3 Å². The van der Waals surface area contributed by atoms with E-state index in [-0.39, 0.29) is 40.8 Å². The van der Waals surface area contributed by atoms with Crippen molar-refractivity contribution in [1.82, 2.24) is 16.0 Å². The average molecular weight is 753 g/mol. The van der Waals surface area contributed by atoms with Gasteiger partial charge in [-0.1, -0.05) is 38.2 Å². The second-order valence-corrected chi connectivity index (χ2v) is 13.7. The minimum absolute atomic E-state index is 0.142. The van der Waals surface area contributed by atoms with E-state index in [0.29, 0.717) is 49.9 Å². The molecule has 0 spiro atoms. The Balaban J connectivity index is 1.83. The number of allylic oxidation sites excluding steroid dienone is 4. The summed E-state index contributed by atoms with van der Waals surface area (Å²) >= 11 is 0. The SMILES string of the molecule is COC1/C=C\C=C(/C)C(=O)NC2=CC(=O)C(NCCCCCNC(=O)c3ccc(F)cc3)=C(C[C@@H](C)C[C@H](OC)[C@H](O)[C@@H](C)/C=C(\C)[C@@H]1OC(N)=O)C2=O. The molecule has 14 heteroatoms. The molecule has 1 heterocycles. The predicted molar refractivity (Wildman–Crippen MR) is 200 cm³/mol. The first-order chi connectivity index (χ1) is 25.7. The Morgan fingerprint density at radius 3 is 2.35 bits per heavy atom. The number of ether oxygens (including phenoxy) is 3. The number of Topliss-reactive ketones (excluding diaryl/α,β-unsaturated/α-hetero) is 1. The van der Waals surface area contributed by atoms with Crippen LogP contribution in [0.2, 0.25) is 0 Å². The third-order valence-corrected chi connectivity index (χ3v) is 9.34. The van der Waals surface area contributed by atoms with Crippen molar-refractivity contribution in [3.05, 3.63) is 94.1 Å². The lowest BCUT2D eigenvalue weighted by Gasteiger charge is -2.30.